The molecule has 0 saturated carbocycles. The third-order valence-corrected chi connectivity index (χ3v) is 3.45. The lowest BCUT2D eigenvalue weighted by atomic mass is 10.0. The van der Waals surface area contributed by atoms with Crippen LogP contribution in [0.25, 0.3) is 0 Å². The van der Waals surface area contributed by atoms with Crippen LogP contribution >= 0.6 is 15.9 Å². The van der Waals surface area contributed by atoms with Gasteiger partial charge >= 0.3 is 0 Å². The number of hydrogen-bond donors (Lipinski definition) is 0. The van der Waals surface area contributed by atoms with Gasteiger partial charge in [-0.3, -0.25) is 0 Å². The molecule has 0 bridgehead atoms. The zero-order chi connectivity index (χ0) is 15.1. The van der Waals surface area contributed by atoms with E-state index in [9.17, 15) is 4.39 Å². The van der Waals surface area contributed by atoms with Crippen LogP contribution in [0.3, 0.4) is 0 Å². The molecular weight excluding hydrogens is 319 g/mol. The molecule has 108 valence electrons. The van der Waals surface area contributed by atoms with Crippen molar-refractivity contribution in [3.8, 4) is 5.75 Å². The molecule has 0 radical (unpaired) electrons. The summed E-state index contributed by atoms with van der Waals surface area (Å²) in [5.74, 6) is 0.499. The molecule has 0 aliphatic carbocycles. The van der Waals surface area contributed by atoms with Crippen LogP contribution in [0.15, 0.2) is 46.9 Å². The largest absolute Gasteiger partial charge is 0.495 e. The zero-order valence-electron chi connectivity index (χ0n) is 12.3. The van der Waals surface area contributed by atoms with Crippen molar-refractivity contribution in [3.05, 3.63) is 63.9 Å². The predicted molar refractivity (Wildman–Crippen MR) is 85.9 cm³/mol. The highest BCUT2D eigenvalue weighted by Gasteiger charge is 2.10. The molecule has 0 aliphatic rings. The van der Waals surface area contributed by atoms with Crippen LogP contribution in [0.1, 0.15) is 30.9 Å². The molecule has 2 rings (SSSR count). The molecule has 0 spiro atoms. The maximum atomic E-state index is 13.4. The van der Waals surface area contributed by atoms with Gasteiger partial charge in [-0.1, -0.05) is 49.7 Å². The average molecular weight is 339 g/mol. The molecule has 1 nitrogen and oxygen atoms in total. The third kappa shape index (κ3) is 4.97. The van der Waals surface area contributed by atoms with E-state index in [2.05, 4.69) is 35.0 Å². The summed E-state index contributed by atoms with van der Waals surface area (Å²) in [4.78, 5) is 0. The molecule has 0 atom stereocenters. The summed E-state index contributed by atoms with van der Waals surface area (Å²) in [7, 11) is 1.52. The molecule has 20 heavy (non-hydrogen) atoms. The molecule has 2 aromatic carbocycles. The number of benzene rings is 2. The second-order valence-corrected chi connectivity index (χ2v) is 5.67. The lowest BCUT2D eigenvalue weighted by molar-refractivity contribution is 0.407. The average Bonchev–Trinajstić information content (AvgIpc) is 2.42. The molecule has 0 N–H and O–H groups in total. The second kappa shape index (κ2) is 8.05. The summed E-state index contributed by atoms with van der Waals surface area (Å²) >= 11 is 3.32. The summed E-state index contributed by atoms with van der Waals surface area (Å²) in [5, 5.41) is 0. The van der Waals surface area contributed by atoms with E-state index < -0.39 is 0 Å². The van der Waals surface area contributed by atoms with Crippen molar-refractivity contribution in [1.29, 1.82) is 0 Å². The van der Waals surface area contributed by atoms with E-state index in [1.165, 1.54) is 18.7 Å². The monoisotopic (exact) mass is 338 g/mol. The molecular formula is C17H20BrFO. The highest BCUT2D eigenvalue weighted by atomic mass is 79.9. The molecule has 0 fully saturated rings. The fourth-order valence-corrected chi connectivity index (χ4v) is 2.20. The van der Waals surface area contributed by atoms with Crippen molar-refractivity contribution in [2.24, 2.45) is 0 Å². The molecule has 0 amide bonds. The van der Waals surface area contributed by atoms with Gasteiger partial charge < -0.3 is 4.74 Å². The number of hydrogen-bond acceptors (Lipinski definition) is 1. The summed E-state index contributed by atoms with van der Waals surface area (Å²) in [6.07, 6.45) is 0. The van der Waals surface area contributed by atoms with Crippen LogP contribution in [-0.4, -0.2) is 7.11 Å². The topological polar surface area (TPSA) is 9.23 Å². The van der Waals surface area contributed by atoms with Crippen molar-refractivity contribution in [3.63, 3.8) is 0 Å². The highest BCUT2D eigenvalue weighted by Crippen LogP contribution is 2.30. The standard InChI is InChI=1S/C10H12BrFO.C7H8/c1-6(2)7-4-8(11)10(13-3)5-9(7)12;1-7-5-3-2-4-6-7/h4-6H,1-3H3;2-6H,1H3. The number of rotatable bonds is 2. The van der Waals surface area contributed by atoms with Crippen LogP contribution in [-0.2, 0) is 0 Å². The van der Waals surface area contributed by atoms with Crippen molar-refractivity contribution >= 4 is 15.9 Å². The van der Waals surface area contributed by atoms with Crippen molar-refractivity contribution < 1.29 is 9.13 Å². The Morgan fingerprint density at radius 3 is 2.10 bits per heavy atom. The fourth-order valence-electron chi connectivity index (χ4n) is 1.68. The van der Waals surface area contributed by atoms with Crippen LogP contribution < -0.4 is 4.74 Å². The molecule has 0 saturated heterocycles. The first-order chi connectivity index (χ1) is 9.45. The number of aryl methyl sites for hydroxylation is 1. The van der Waals surface area contributed by atoms with Gasteiger partial charge in [-0.05, 0) is 40.4 Å². The van der Waals surface area contributed by atoms with Crippen LogP contribution in [0.2, 0.25) is 0 Å². The van der Waals surface area contributed by atoms with Crippen molar-refractivity contribution in [1.82, 2.24) is 0 Å². The molecule has 2 aromatic rings. The maximum Gasteiger partial charge on any atom is 0.135 e. The van der Waals surface area contributed by atoms with Gasteiger partial charge in [0, 0.05) is 6.07 Å². The smallest absolute Gasteiger partial charge is 0.135 e. The Morgan fingerprint density at radius 1 is 1.10 bits per heavy atom. The van der Waals surface area contributed by atoms with Crippen molar-refractivity contribution in [2.75, 3.05) is 7.11 Å². The van der Waals surface area contributed by atoms with Gasteiger partial charge in [0.05, 0.1) is 11.6 Å². The maximum absolute atomic E-state index is 13.4. The first-order valence-electron chi connectivity index (χ1n) is 6.50. The summed E-state index contributed by atoms with van der Waals surface area (Å²) in [6, 6.07) is 13.4. The Bertz CT molecular complexity index is 538. The Kier molecular flexibility index (Phi) is 6.73. The summed E-state index contributed by atoms with van der Waals surface area (Å²) < 4.78 is 19.1. The molecule has 0 aromatic heterocycles. The highest BCUT2D eigenvalue weighted by molar-refractivity contribution is 9.10. The normalized spacial score (nSPS) is 9.95. The lowest BCUT2D eigenvalue weighted by Crippen LogP contribution is -1.95. The van der Waals surface area contributed by atoms with Crippen LogP contribution in [0.5, 0.6) is 5.75 Å². The quantitative estimate of drug-likeness (QED) is 0.680. The number of ether oxygens (including phenoxy) is 1. The molecule has 0 unspecified atom stereocenters. The van der Waals surface area contributed by atoms with E-state index >= 15 is 0 Å². The van der Waals surface area contributed by atoms with Gasteiger partial charge in [-0.15, -0.1) is 0 Å². The summed E-state index contributed by atoms with van der Waals surface area (Å²) in [5.41, 5.74) is 2.02. The minimum Gasteiger partial charge on any atom is -0.495 e. The zero-order valence-corrected chi connectivity index (χ0v) is 13.9. The first kappa shape index (κ1) is 16.7. The van der Waals surface area contributed by atoms with Gasteiger partial charge in [0.2, 0.25) is 0 Å². The minimum atomic E-state index is -0.213. The second-order valence-electron chi connectivity index (χ2n) is 4.82. The SMILES string of the molecule is COc1cc(F)c(C(C)C)cc1Br.Cc1ccccc1. The van der Waals surface area contributed by atoms with Crippen LogP contribution in [0, 0.1) is 12.7 Å². The van der Waals surface area contributed by atoms with E-state index in [0.29, 0.717) is 11.3 Å². The van der Waals surface area contributed by atoms with Gasteiger partial charge in [-0.25, -0.2) is 4.39 Å². The lowest BCUT2D eigenvalue weighted by Gasteiger charge is -2.10. The number of methoxy groups -OCH3 is 1. The molecule has 0 heterocycles. The Labute approximate surface area is 128 Å². The van der Waals surface area contributed by atoms with Gasteiger partial charge in [0.15, 0.2) is 0 Å². The van der Waals surface area contributed by atoms with Gasteiger partial charge in [-0.2, -0.15) is 0 Å². The summed E-state index contributed by atoms with van der Waals surface area (Å²) in [6.45, 7) is 5.99. The number of halogens is 2. The van der Waals surface area contributed by atoms with Crippen molar-refractivity contribution in [2.45, 2.75) is 26.7 Å². The third-order valence-electron chi connectivity index (χ3n) is 2.83. The molecule has 0 aliphatic heterocycles. The Morgan fingerprint density at radius 2 is 1.70 bits per heavy atom. The molecule has 3 heteroatoms. The first-order valence-corrected chi connectivity index (χ1v) is 7.29. The van der Waals surface area contributed by atoms with E-state index in [1.807, 2.05) is 32.0 Å². The van der Waals surface area contributed by atoms with E-state index in [-0.39, 0.29) is 11.7 Å². The minimum absolute atomic E-state index is 0.183. The Balaban J connectivity index is 0.000000240. The fraction of sp³-hybridized carbons (Fsp3) is 0.294. The Hall–Kier alpha value is -1.35. The van der Waals surface area contributed by atoms with E-state index in [1.54, 1.807) is 6.07 Å². The van der Waals surface area contributed by atoms with Gasteiger partial charge in [0.1, 0.15) is 11.6 Å². The predicted octanol–water partition coefficient (Wildman–Crippen LogP) is 5.72. The van der Waals surface area contributed by atoms with E-state index in [0.717, 1.165) is 4.47 Å². The van der Waals surface area contributed by atoms with Crippen LogP contribution in [0.4, 0.5) is 4.39 Å². The van der Waals surface area contributed by atoms with Gasteiger partial charge in [0.25, 0.3) is 0 Å². The van der Waals surface area contributed by atoms with E-state index in [4.69, 9.17) is 4.74 Å².